The van der Waals surface area contributed by atoms with Crippen LogP contribution in [0.3, 0.4) is 0 Å². The summed E-state index contributed by atoms with van der Waals surface area (Å²) in [7, 11) is 0. The van der Waals surface area contributed by atoms with E-state index in [9.17, 15) is 0 Å². The Morgan fingerprint density at radius 3 is 2.78 bits per heavy atom. The lowest BCUT2D eigenvalue weighted by Crippen LogP contribution is -1.98. The number of pyridine rings is 1. The lowest BCUT2D eigenvalue weighted by molar-refractivity contribution is 0.304. The molecule has 0 radical (unpaired) electrons. The van der Waals surface area contributed by atoms with Crippen molar-refractivity contribution in [3.8, 4) is 11.8 Å². The van der Waals surface area contributed by atoms with Gasteiger partial charge in [0.05, 0.1) is 17.8 Å². The number of hydrogen-bond acceptors (Lipinski definition) is 3. The first-order valence-corrected chi connectivity index (χ1v) is 6.22. The SMILES string of the molecule is Cc1cc(C#N)ccc1COc1ccc(Br)nc1. The van der Waals surface area contributed by atoms with Crippen molar-refractivity contribution in [1.82, 2.24) is 4.98 Å². The van der Waals surface area contributed by atoms with E-state index in [0.717, 1.165) is 21.5 Å². The lowest BCUT2D eigenvalue weighted by Gasteiger charge is -2.08. The fourth-order valence-corrected chi connectivity index (χ4v) is 1.77. The van der Waals surface area contributed by atoms with Crippen LogP contribution in [0.2, 0.25) is 0 Å². The van der Waals surface area contributed by atoms with Crippen molar-refractivity contribution < 1.29 is 4.74 Å². The van der Waals surface area contributed by atoms with E-state index in [1.54, 1.807) is 12.3 Å². The van der Waals surface area contributed by atoms with Gasteiger partial charge in [0, 0.05) is 0 Å². The maximum atomic E-state index is 8.79. The largest absolute Gasteiger partial charge is 0.487 e. The molecule has 0 bridgehead atoms. The molecule has 0 aliphatic carbocycles. The van der Waals surface area contributed by atoms with E-state index in [1.807, 2.05) is 31.2 Å². The Balaban J connectivity index is 2.06. The van der Waals surface area contributed by atoms with Gasteiger partial charge in [0.25, 0.3) is 0 Å². The zero-order valence-corrected chi connectivity index (χ0v) is 11.4. The summed E-state index contributed by atoms with van der Waals surface area (Å²) in [5.74, 6) is 0.724. The molecule has 0 fully saturated rings. The van der Waals surface area contributed by atoms with E-state index in [0.29, 0.717) is 12.2 Å². The molecule has 0 N–H and O–H groups in total. The first-order chi connectivity index (χ1) is 8.69. The van der Waals surface area contributed by atoms with Gasteiger partial charge in [-0.05, 0) is 58.2 Å². The van der Waals surface area contributed by atoms with Crippen LogP contribution in [-0.2, 0) is 6.61 Å². The molecule has 0 aliphatic heterocycles. The van der Waals surface area contributed by atoms with E-state index in [2.05, 4.69) is 27.0 Å². The van der Waals surface area contributed by atoms with Crippen LogP contribution in [0.5, 0.6) is 5.75 Å². The maximum absolute atomic E-state index is 8.79. The Kier molecular flexibility index (Phi) is 3.96. The van der Waals surface area contributed by atoms with E-state index in [-0.39, 0.29) is 0 Å². The highest BCUT2D eigenvalue weighted by molar-refractivity contribution is 9.10. The molecule has 0 amide bonds. The van der Waals surface area contributed by atoms with Crippen molar-refractivity contribution in [3.05, 3.63) is 57.8 Å². The summed E-state index contributed by atoms with van der Waals surface area (Å²) < 4.78 is 6.42. The number of nitrogens with zero attached hydrogens (tertiary/aromatic N) is 2. The highest BCUT2D eigenvalue weighted by atomic mass is 79.9. The molecule has 0 saturated carbocycles. The number of aromatic nitrogens is 1. The third-order valence-corrected chi connectivity index (χ3v) is 3.04. The number of halogens is 1. The minimum Gasteiger partial charge on any atom is -0.487 e. The normalized spacial score (nSPS) is 9.83. The highest BCUT2D eigenvalue weighted by Crippen LogP contribution is 2.16. The molecule has 18 heavy (non-hydrogen) atoms. The number of aryl methyl sites for hydroxylation is 1. The van der Waals surface area contributed by atoms with Crippen LogP contribution in [0.25, 0.3) is 0 Å². The van der Waals surface area contributed by atoms with Crippen LogP contribution in [0.4, 0.5) is 0 Å². The Hall–Kier alpha value is -1.86. The molecule has 2 rings (SSSR count). The summed E-state index contributed by atoms with van der Waals surface area (Å²) >= 11 is 3.27. The second kappa shape index (κ2) is 5.65. The smallest absolute Gasteiger partial charge is 0.138 e. The zero-order valence-electron chi connectivity index (χ0n) is 9.85. The van der Waals surface area contributed by atoms with E-state index >= 15 is 0 Å². The standard InChI is InChI=1S/C14H11BrN2O/c1-10-6-11(7-16)2-3-12(10)9-18-13-4-5-14(15)17-8-13/h2-6,8H,9H2,1H3. The Bertz CT molecular complexity index is 588. The summed E-state index contributed by atoms with van der Waals surface area (Å²) in [5.41, 5.74) is 2.79. The number of nitriles is 1. The first kappa shape index (κ1) is 12.6. The van der Waals surface area contributed by atoms with Crippen LogP contribution in [0, 0.1) is 18.3 Å². The van der Waals surface area contributed by atoms with Gasteiger partial charge in [-0.25, -0.2) is 4.98 Å². The van der Waals surface area contributed by atoms with E-state index in [1.165, 1.54) is 0 Å². The van der Waals surface area contributed by atoms with Crippen LogP contribution in [0.1, 0.15) is 16.7 Å². The predicted molar refractivity (Wildman–Crippen MR) is 72.2 cm³/mol. The second-order valence-electron chi connectivity index (χ2n) is 3.86. The molecular weight excluding hydrogens is 292 g/mol. The third-order valence-electron chi connectivity index (χ3n) is 2.57. The van der Waals surface area contributed by atoms with Gasteiger partial charge < -0.3 is 4.74 Å². The fourth-order valence-electron chi connectivity index (χ4n) is 1.54. The number of rotatable bonds is 3. The zero-order chi connectivity index (χ0) is 13.0. The molecule has 0 aliphatic rings. The third kappa shape index (κ3) is 3.08. The molecule has 1 heterocycles. The highest BCUT2D eigenvalue weighted by Gasteiger charge is 2.01. The molecule has 4 heteroatoms. The topological polar surface area (TPSA) is 45.9 Å². The number of benzene rings is 1. The van der Waals surface area contributed by atoms with Gasteiger partial charge in [-0.2, -0.15) is 5.26 Å². The predicted octanol–water partition coefficient (Wildman–Crippen LogP) is 3.60. The van der Waals surface area contributed by atoms with Gasteiger partial charge in [-0.1, -0.05) is 6.07 Å². The van der Waals surface area contributed by atoms with Crippen LogP contribution in [0.15, 0.2) is 41.1 Å². The Morgan fingerprint density at radius 1 is 1.33 bits per heavy atom. The van der Waals surface area contributed by atoms with Crippen molar-refractivity contribution in [2.45, 2.75) is 13.5 Å². The molecule has 0 saturated heterocycles. The molecule has 0 atom stereocenters. The molecule has 90 valence electrons. The molecule has 1 aromatic carbocycles. The van der Waals surface area contributed by atoms with E-state index in [4.69, 9.17) is 10.00 Å². The number of hydrogen-bond donors (Lipinski definition) is 0. The summed E-state index contributed by atoms with van der Waals surface area (Å²) in [5, 5.41) is 8.79. The molecule has 3 nitrogen and oxygen atoms in total. The van der Waals surface area contributed by atoms with Crippen molar-refractivity contribution in [3.63, 3.8) is 0 Å². The molecule has 1 aromatic heterocycles. The van der Waals surface area contributed by atoms with Crippen molar-refractivity contribution in [1.29, 1.82) is 5.26 Å². The van der Waals surface area contributed by atoms with Gasteiger partial charge in [0.1, 0.15) is 17.0 Å². The van der Waals surface area contributed by atoms with Crippen LogP contribution in [-0.4, -0.2) is 4.98 Å². The summed E-state index contributed by atoms with van der Waals surface area (Å²) in [4.78, 5) is 4.09. The van der Waals surface area contributed by atoms with Crippen molar-refractivity contribution >= 4 is 15.9 Å². The minimum absolute atomic E-state index is 0.473. The van der Waals surface area contributed by atoms with Gasteiger partial charge in [0.2, 0.25) is 0 Å². The van der Waals surface area contributed by atoms with Gasteiger partial charge >= 0.3 is 0 Å². The molecule has 0 spiro atoms. The number of ether oxygens (including phenoxy) is 1. The second-order valence-corrected chi connectivity index (χ2v) is 4.67. The average molecular weight is 303 g/mol. The first-order valence-electron chi connectivity index (χ1n) is 5.43. The van der Waals surface area contributed by atoms with Gasteiger partial charge in [0.15, 0.2) is 0 Å². The monoisotopic (exact) mass is 302 g/mol. The van der Waals surface area contributed by atoms with E-state index < -0.39 is 0 Å². The average Bonchev–Trinajstić information content (AvgIpc) is 2.39. The fraction of sp³-hybridized carbons (Fsp3) is 0.143. The maximum Gasteiger partial charge on any atom is 0.138 e. The summed E-state index contributed by atoms with van der Waals surface area (Å²) in [6, 6.07) is 11.4. The molecule has 0 unspecified atom stereocenters. The van der Waals surface area contributed by atoms with Crippen molar-refractivity contribution in [2.24, 2.45) is 0 Å². The van der Waals surface area contributed by atoms with Crippen LogP contribution >= 0.6 is 15.9 Å². The molecular formula is C14H11BrN2O. The Labute approximate surface area is 114 Å². The lowest BCUT2D eigenvalue weighted by atomic mass is 10.1. The summed E-state index contributed by atoms with van der Waals surface area (Å²) in [6.07, 6.45) is 1.67. The van der Waals surface area contributed by atoms with Gasteiger partial charge in [-0.15, -0.1) is 0 Å². The quantitative estimate of drug-likeness (QED) is 0.814. The van der Waals surface area contributed by atoms with Crippen molar-refractivity contribution in [2.75, 3.05) is 0 Å². The van der Waals surface area contributed by atoms with Gasteiger partial charge in [-0.3, -0.25) is 0 Å². The van der Waals surface area contributed by atoms with Crippen LogP contribution < -0.4 is 4.74 Å². The summed E-state index contributed by atoms with van der Waals surface area (Å²) in [6.45, 7) is 2.44. The minimum atomic E-state index is 0.473. The molecule has 2 aromatic rings. The Morgan fingerprint density at radius 2 is 2.17 bits per heavy atom.